The third-order valence-electron chi connectivity index (χ3n) is 4.50. The fourth-order valence-corrected chi connectivity index (χ4v) is 3.20. The number of hydrogen-bond donors (Lipinski definition) is 1. The molecule has 1 fully saturated rings. The quantitative estimate of drug-likeness (QED) is 0.865. The van der Waals surface area contributed by atoms with Crippen LogP contribution in [0.1, 0.15) is 55.8 Å². The van der Waals surface area contributed by atoms with Gasteiger partial charge in [0.05, 0.1) is 6.10 Å². The van der Waals surface area contributed by atoms with Crippen LogP contribution in [0, 0.1) is 12.8 Å². The van der Waals surface area contributed by atoms with Crippen LogP contribution in [-0.2, 0) is 9.53 Å². The largest absolute Gasteiger partial charge is 0.375 e. The number of nitrogens with one attached hydrogen (secondary N) is 1. The summed E-state index contributed by atoms with van der Waals surface area (Å²) in [5.74, 6) is 0.746. The van der Waals surface area contributed by atoms with E-state index >= 15 is 0 Å². The van der Waals surface area contributed by atoms with Crippen LogP contribution in [0.5, 0.6) is 0 Å². The maximum absolute atomic E-state index is 12.1. The van der Waals surface area contributed by atoms with E-state index in [0.29, 0.717) is 18.9 Å². The molecule has 1 atom stereocenters. The van der Waals surface area contributed by atoms with E-state index in [0.717, 1.165) is 5.56 Å². The van der Waals surface area contributed by atoms with Gasteiger partial charge in [-0.15, -0.1) is 0 Å². The number of hydrogen-bond acceptors (Lipinski definition) is 2. The number of aryl methyl sites for hydroxylation is 1. The average molecular weight is 289 g/mol. The molecule has 3 heteroatoms. The van der Waals surface area contributed by atoms with E-state index in [1.165, 1.54) is 37.7 Å². The van der Waals surface area contributed by atoms with E-state index < -0.39 is 0 Å². The summed E-state index contributed by atoms with van der Waals surface area (Å²) >= 11 is 0. The molecule has 1 aromatic carbocycles. The number of rotatable bonds is 6. The Labute approximate surface area is 128 Å². The fraction of sp³-hybridized carbons (Fsp3) is 0.611. The second kappa shape index (κ2) is 8.18. The zero-order valence-corrected chi connectivity index (χ0v) is 13.2. The van der Waals surface area contributed by atoms with Gasteiger partial charge in [-0.05, 0) is 36.8 Å². The molecule has 21 heavy (non-hydrogen) atoms. The van der Waals surface area contributed by atoms with Gasteiger partial charge in [0.1, 0.15) is 0 Å². The molecule has 0 heterocycles. The molecule has 1 aliphatic carbocycles. The Morgan fingerprint density at radius 1 is 1.29 bits per heavy atom. The second-order valence-corrected chi connectivity index (χ2v) is 6.09. The number of carbonyl (C=O) groups excluding carboxylic acids is 1. The van der Waals surface area contributed by atoms with Gasteiger partial charge in [-0.2, -0.15) is 0 Å². The minimum absolute atomic E-state index is 0.0681. The third-order valence-corrected chi connectivity index (χ3v) is 4.50. The number of benzene rings is 1. The van der Waals surface area contributed by atoms with Crippen molar-refractivity contribution in [3.8, 4) is 0 Å². The summed E-state index contributed by atoms with van der Waals surface area (Å²) in [5.41, 5.74) is 2.35. The van der Waals surface area contributed by atoms with Crippen molar-refractivity contribution >= 4 is 5.91 Å². The molecular weight excluding hydrogens is 262 g/mol. The first-order chi connectivity index (χ1) is 10.2. The molecule has 0 spiro atoms. The topological polar surface area (TPSA) is 38.3 Å². The van der Waals surface area contributed by atoms with Crippen molar-refractivity contribution in [1.82, 2.24) is 5.32 Å². The molecule has 0 saturated heterocycles. The first-order valence-corrected chi connectivity index (χ1v) is 8.05. The van der Waals surface area contributed by atoms with Gasteiger partial charge in [0.25, 0.3) is 0 Å². The molecule has 1 unspecified atom stereocenters. The monoisotopic (exact) mass is 289 g/mol. The lowest BCUT2D eigenvalue weighted by atomic mass is 9.87. The Bertz CT molecular complexity index is 452. The van der Waals surface area contributed by atoms with Gasteiger partial charge in [-0.3, -0.25) is 4.79 Å². The summed E-state index contributed by atoms with van der Waals surface area (Å²) in [6, 6.07) is 8.17. The van der Waals surface area contributed by atoms with Crippen molar-refractivity contribution in [3.05, 3.63) is 35.4 Å². The van der Waals surface area contributed by atoms with Crippen LogP contribution in [-0.4, -0.2) is 19.6 Å². The Hall–Kier alpha value is -1.35. The Morgan fingerprint density at radius 2 is 2.00 bits per heavy atom. The van der Waals surface area contributed by atoms with Crippen LogP contribution in [0.25, 0.3) is 0 Å². The Morgan fingerprint density at radius 3 is 2.67 bits per heavy atom. The molecule has 1 N–H and O–H groups in total. The summed E-state index contributed by atoms with van der Waals surface area (Å²) < 4.78 is 5.54. The number of methoxy groups -OCH3 is 1. The molecule has 0 aromatic heterocycles. The molecule has 0 bridgehead atoms. The lowest BCUT2D eigenvalue weighted by Gasteiger charge is -2.22. The molecule has 3 nitrogen and oxygen atoms in total. The number of carbonyl (C=O) groups is 1. The fourth-order valence-electron chi connectivity index (χ4n) is 3.20. The first kappa shape index (κ1) is 16.0. The molecule has 1 aliphatic rings. The highest BCUT2D eigenvalue weighted by atomic mass is 16.5. The summed E-state index contributed by atoms with van der Waals surface area (Å²) in [4.78, 5) is 12.1. The van der Waals surface area contributed by atoms with Gasteiger partial charge in [0, 0.05) is 20.1 Å². The lowest BCUT2D eigenvalue weighted by molar-refractivity contribution is -0.122. The molecule has 0 aliphatic heterocycles. The average Bonchev–Trinajstić information content (AvgIpc) is 2.50. The molecule has 1 saturated carbocycles. The van der Waals surface area contributed by atoms with Crippen LogP contribution < -0.4 is 5.32 Å². The normalized spacial score (nSPS) is 17.4. The van der Waals surface area contributed by atoms with Gasteiger partial charge >= 0.3 is 0 Å². The van der Waals surface area contributed by atoms with Crippen molar-refractivity contribution < 1.29 is 9.53 Å². The highest BCUT2D eigenvalue weighted by Gasteiger charge is 2.18. The van der Waals surface area contributed by atoms with E-state index in [9.17, 15) is 4.79 Å². The highest BCUT2D eigenvalue weighted by molar-refractivity contribution is 5.76. The van der Waals surface area contributed by atoms with Crippen LogP contribution >= 0.6 is 0 Å². The predicted molar refractivity (Wildman–Crippen MR) is 85.1 cm³/mol. The third kappa shape index (κ3) is 4.85. The van der Waals surface area contributed by atoms with Crippen molar-refractivity contribution in [1.29, 1.82) is 0 Å². The summed E-state index contributed by atoms with van der Waals surface area (Å²) in [7, 11) is 1.70. The maximum Gasteiger partial charge on any atom is 0.220 e. The van der Waals surface area contributed by atoms with Crippen LogP contribution in [0.15, 0.2) is 24.3 Å². The van der Waals surface area contributed by atoms with Gasteiger partial charge in [-0.25, -0.2) is 0 Å². The maximum atomic E-state index is 12.1. The van der Waals surface area contributed by atoms with Gasteiger partial charge < -0.3 is 10.1 Å². The predicted octanol–water partition coefficient (Wildman–Crippen LogP) is 3.77. The lowest BCUT2D eigenvalue weighted by Crippen LogP contribution is -2.31. The van der Waals surface area contributed by atoms with Gasteiger partial charge in [0.15, 0.2) is 0 Å². The Kier molecular flexibility index (Phi) is 6.24. The van der Waals surface area contributed by atoms with Crippen LogP contribution in [0.2, 0.25) is 0 Å². The molecule has 0 radical (unpaired) electrons. The first-order valence-electron chi connectivity index (χ1n) is 8.05. The molecule has 116 valence electrons. The van der Waals surface area contributed by atoms with E-state index in [1.54, 1.807) is 7.11 Å². The zero-order chi connectivity index (χ0) is 15.1. The number of ether oxygens (including phenoxy) is 1. The Balaban J connectivity index is 1.82. The summed E-state index contributed by atoms with van der Waals surface area (Å²) in [6.45, 7) is 2.62. The summed E-state index contributed by atoms with van der Waals surface area (Å²) in [5, 5.41) is 3.04. The van der Waals surface area contributed by atoms with E-state index in [2.05, 4.69) is 24.4 Å². The van der Waals surface area contributed by atoms with Crippen molar-refractivity contribution in [3.63, 3.8) is 0 Å². The standard InChI is InChI=1S/C18H27NO2/c1-14-8-6-7-11-16(14)17(21-2)13-19-18(20)12-15-9-4-3-5-10-15/h6-8,11,15,17H,3-5,9-10,12-13H2,1-2H3,(H,19,20). The van der Waals surface area contributed by atoms with E-state index in [1.807, 2.05) is 12.1 Å². The van der Waals surface area contributed by atoms with Crippen molar-refractivity contribution in [2.75, 3.05) is 13.7 Å². The summed E-state index contributed by atoms with van der Waals surface area (Å²) in [6.07, 6.45) is 6.91. The van der Waals surface area contributed by atoms with Crippen molar-refractivity contribution in [2.45, 2.75) is 51.6 Å². The molecular formula is C18H27NO2. The zero-order valence-electron chi connectivity index (χ0n) is 13.2. The smallest absolute Gasteiger partial charge is 0.220 e. The molecule has 1 amide bonds. The van der Waals surface area contributed by atoms with Crippen molar-refractivity contribution in [2.24, 2.45) is 5.92 Å². The minimum Gasteiger partial charge on any atom is -0.375 e. The molecule has 1 aromatic rings. The second-order valence-electron chi connectivity index (χ2n) is 6.09. The minimum atomic E-state index is -0.0681. The van der Waals surface area contributed by atoms with E-state index in [-0.39, 0.29) is 12.0 Å². The highest BCUT2D eigenvalue weighted by Crippen LogP contribution is 2.26. The van der Waals surface area contributed by atoms with Crippen LogP contribution in [0.4, 0.5) is 0 Å². The van der Waals surface area contributed by atoms with E-state index in [4.69, 9.17) is 4.74 Å². The SMILES string of the molecule is COC(CNC(=O)CC1CCCCC1)c1ccccc1C. The van der Waals surface area contributed by atoms with Gasteiger partial charge in [-0.1, -0.05) is 43.5 Å². The molecule has 2 rings (SSSR count). The van der Waals surface area contributed by atoms with Crippen LogP contribution in [0.3, 0.4) is 0 Å². The number of amides is 1. The van der Waals surface area contributed by atoms with Gasteiger partial charge in [0.2, 0.25) is 5.91 Å².